The van der Waals surface area contributed by atoms with Crippen LogP contribution >= 0.6 is 22.6 Å². The molecule has 0 heterocycles. The summed E-state index contributed by atoms with van der Waals surface area (Å²) in [5.74, 6) is -0.925. The Balaban J connectivity index is 2.37. The van der Waals surface area contributed by atoms with E-state index in [2.05, 4.69) is 27.9 Å². The predicted octanol–water partition coefficient (Wildman–Crippen LogP) is 4.20. The number of nitrogen functional groups attached to an aromatic ring is 1. The fraction of sp³-hybridized carbons (Fsp3) is 0.0769. The summed E-state index contributed by atoms with van der Waals surface area (Å²) in [6, 6.07) is 7.51. The van der Waals surface area contributed by atoms with Crippen LogP contribution in [-0.2, 0) is 0 Å². The lowest BCUT2D eigenvalue weighted by molar-refractivity contribution is 0.595. The summed E-state index contributed by atoms with van der Waals surface area (Å²) in [7, 11) is 0. The van der Waals surface area contributed by atoms with Gasteiger partial charge in [0, 0.05) is 15.3 Å². The topological polar surface area (TPSA) is 38.0 Å². The first-order valence-electron chi connectivity index (χ1n) is 5.25. The monoisotopic (exact) mass is 360 g/mol. The van der Waals surface area contributed by atoms with Crippen molar-refractivity contribution in [2.45, 2.75) is 6.92 Å². The molecule has 0 spiro atoms. The predicted molar refractivity (Wildman–Crippen MR) is 77.9 cm³/mol. The number of aryl methyl sites for hydroxylation is 1. The number of nitrogens with one attached hydrogen (secondary N) is 1. The average molecular weight is 360 g/mol. The molecule has 5 heteroatoms. The second-order valence-corrected chi connectivity index (χ2v) is 5.11. The number of hydrogen-bond donors (Lipinski definition) is 2. The van der Waals surface area contributed by atoms with Crippen molar-refractivity contribution in [2.24, 2.45) is 0 Å². The molecule has 0 aliphatic carbocycles. The molecule has 0 aliphatic rings. The highest BCUT2D eigenvalue weighted by Crippen LogP contribution is 2.27. The van der Waals surface area contributed by atoms with Gasteiger partial charge >= 0.3 is 0 Å². The summed E-state index contributed by atoms with van der Waals surface area (Å²) in [4.78, 5) is 0. The van der Waals surface area contributed by atoms with E-state index in [-0.39, 0.29) is 11.3 Å². The Kier molecular flexibility index (Phi) is 3.70. The van der Waals surface area contributed by atoms with E-state index in [1.807, 2.05) is 0 Å². The lowest BCUT2D eigenvalue weighted by atomic mass is 10.2. The van der Waals surface area contributed by atoms with Crippen molar-refractivity contribution < 1.29 is 8.78 Å². The van der Waals surface area contributed by atoms with Gasteiger partial charge in [-0.1, -0.05) is 0 Å². The maximum absolute atomic E-state index is 13.7. The minimum absolute atomic E-state index is 0.112. The maximum atomic E-state index is 13.7. The number of halogens is 3. The van der Waals surface area contributed by atoms with Gasteiger partial charge in [-0.2, -0.15) is 0 Å². The molecule has 0 radical (unpaired) electrons. The summed E-state index contributed by atoms with van der Waals surface area (Å²) < 4.78 is 27.9. The third kappa shape index (κ3) is 2.72. The summed E-state index contributed by atoms with van der Waals surface area (Å²) in [6.45, 7) is 1.52. The summed E-state index contributed by atoms with van der Waals surface area (Å²) in [5, 5.41) is 2.86. The SMILES string of the molecule is Cc1cc(F)c(Nc2ccc(N)cc2I)cc1F. The van der Waals surface area contributed by atoms with Crippen LogP contribution in [0.1, 0.15) is 5.56 Å². The first-order chi connectivity index (χ1) is 8.47. The highest BCUT2D eigenvalue weighted by molar-refractivity contribution is 14.1. The summed E-state index contributed by atoms with van der Waals surface area (Å²) in [6.07, 6.45) is 0. The van der Waals surface area contributed by atoms with Crippen LogP contribution in [0.25, 0.3) is 0 Å². The first kappa shape index (κ1) is 13.1. The van der Waals surface area contributed by atoms with Gasteiger partial charge in [-0.25, -0.2) is 8.78 Å². The van der Waals surface area contributed by atoms with E-state index in [0.717, 1.165) is 9.64 Å². The van der Waals surface area contributed by atoms with Crippen molar-refractivity contribution in [3.63, 3.8) is 0 Å². The van der Waals surface area contributed by atoms with Gasteiger partial charge in [0.1, 0.15) is 11.6 Å². The minimum atomic E-state index is -0.485. The van der Waals surface area contributed by atoms with Gasteiger partial charge in [0.05, 0.1) is 11.4 Å². The number of hydrogen-bond acceptors (Lipinski definition) is 2. The molecule has 2 aromatic carbocycles. The van der Waals surface area contributed by atoms with Crippen LogP contribution in [0.4, 0.5) is 25.8 Å². The van der Waals surface area contributed by atoms with Gasteiger partial charge in [0.25, 0.3) is 0 Å². The number of anilines is 3. The first-order valence-corrected chi connectivity index (χ1v) is 6.33. The minimum Gasteiger partial charge on any atom is -0.399 e. The lowest BCUT2D eigenvalue weighted by Crippen LogP contribution is -1.99. The third-order valence-electron chi connectivity index (χ3n) is 2.51. The second kappa shape index (κ2) is 5.09. The fourth-order valence-corrected chi connectivity index (χ4v) is 2.19. The highest BCUT2D eigenvalue weighted by Gasteiger charge is 2.09. The van der Waals surface area contributed by atoms with Crippen molar-refractivity contribution in [3.05, 3.63) is 51.1 Å². The van der Waals surface area contributed by atoms with Crippen LogP contribution in [0, 0.1) is 22.1 Å². The van der Waals surface area contributed by atoms with Gasteiger partial charge in [0.15, 0.2) is 0 Å². The molecule has 0 atom stereocenters. The van der Waals surface area contributed by atoms with E-state index in [1.54, 1.807) is 18.2 Å². The maximum Gasteiger partial charge on any atom is 0.147 e. The van der Waals surface area contributed by atoms with Crippen molar-refractivity contribution in [3.8, 4) is 0 Å². The van der Waals surface area contributed by atoms with Gasteiger partial charge in [-0.15, -0.1) is 0 Å². The molecule has 94 valence electrons. The van der Waals surface area contributed by atoms with E-state index < -0.39 is 11.6 Å². The molecular formula is C13H11F2IN2. The Morgan fingerprint density at radius 1 is 1.06 bits per heavy atom. The average Bonchev–Trinajstić information content (AvgIpc) is 2.29. The molecule has 2 nitrogen and oxygen atoms in total. The Bertz CT molecular complexity index is 600. The number of rotatable bonds is 2. The molecule has 2 aromatic rings. The molecule has 0 aliphatic heterocycles. The van der Waals surface area contributed by atoms with Gasteiger partial charge < -0.3 is 11.1 Å². The largest absolute Gasteiger partial charge is 0.399 e. The van der Waals surface area contributed by atoms with Crippen molar-refractivity contribution in [1.29, 1.82) is 0 Å². The van der Waals surface area contributed by atoms with Gasteiger partial charge in [-0.3, -0.25) is 0 Å². The van der Waals surface area contributed by atoms with E-state index in [0.29, 0.717) is 11.4 Å². The summed E-state index contributed by atoms with van der Waals surface area (Å²) >= 11 is 2.08. The third-order valence-corrected chi connectivity index (χ3v) is 3.40. The zero-order valence-corrected chi connectivity index (χ0v) is 11.8. The zero-order valence-electron chi connectivity index (χ0n) is 9.60. The van der Waals surface area contributed by atoms with Crippen molar-refractivity contribution in [2.75, 3.05) is 11.1 Å². The Morgan fingerprint density at radius 2 is 1.78 bits per heavy atom. The normalized spacial score (nSPS) is 10.4. The molecule has 0 unspecified atom stereocenters. The fourth-order valence-electron chi connectivity index (χ4n) is 1.52. The molecule has 18 heavy (non-hydrogen) atoms. The molecule has 2 rings (SSSR count). The molecule has 0 saturated heterocycles. The van der Waals surface area contributed by atoms with E-state index in [9.17, 15) is 8.78 Å². The Morgan fingerprint density at radius 3 is 2.44 bits per heavy atom. The van der Waals surface area contributed by atoms with Crippen LogP contribution in [0.2, 0.25) is 0 Å². The second-order valence-electron chi connectivity index (χ2n) is 3.95. The standard InChI is InChI=1S/C13H11F2IN2/c1-7-4-10(15)13(6-9(7)14)18-12-3-2-8(17)5-11(12)16/h2-6,18H,17H2,1H3. The molecule has 0 saturated carbocycles. The van der Waals surface area contributed by atoms with Gasteiger partial charge in [0.2, 0.25) is 0 Å². The summed E-state index contributed by atoms with van der Waals surface area (Å²) in [5.41, 5.74) is 7.33. The van der Waals surface area contributed by atoms with Gasteiger partial charge in [-0.05, 0) is 59.3 Å². The van der Waals surface area contributed by atoms with E-state index in [1.165, 1.54) is 13.0 Å². The Labute approximate surface area is 117 Å². The molecule has 0 fully saturated rings. The van der Waals surface area contributed by atoms with Crippen LogP contribution in [0.15, 0.2) is 30.3 Å². The molecule has 0 bridgehead atoms. The van der Waals surface area contributed by atoms with Crippen LogP contribution < -0.4 is 11.1 Å². The molecule has 0 amide bonds. The quantitative estimate of drug-likeness (QED) is 0.622. The number of benzene rings is 2. The molecule has 0 aromatic heterocycles. The smallest absolute Gasteiger partial charge is 0.147 e. The van der Waals surface area contributed by atoms with Crippen LogP contribution in [-0.4, -0.2) is 0 Å². The van der Waals surface area contributed by atoms with Crippen molar-refractivity contribution in [1.82, 2.24) is 0 Å². The highest BCUT2D eigenvalue weighted by atomic mass is 127. The lowest BCUT2D eigenvalue weighted by Gasteiger charge is -2.11. The number of nitrogens with two attached hydrogens (primary N) is 1. The van der Waals surface area contributed by atoms with Crippen LogP contribution in [0.5, 0.6) is 0 Å². The Hall–Kier alpha value is -1.37. The zero-order chi connectivity index (χ0) is 13.3. The molecular weight excluding hydrogens is 349 g/mol. The van der Waals surface area contributed by atoms with E-state index >= 15 is 0 Å². The van der Waals surface area contributed by atoms with E-state index in [4.69, 9.17) is 5.73 Å². The van der Waals surface area contributed by atoms with Crippen LogP contribution in [0.3, 0.4) is 0 Å². The van der Waals surface area contributed by atoms with Crippen molar-refractivity contribution >= 4 is 39.7 Å². The molecule has 3 N–H and O–H groups in total.